The van der Waals surface area contributed by atoms with Gasteiger partial charge in [-0.1, -0.05) is 75.8 Å². The van der Waals surface area contributed by atoms with Crippen molar-refractivity contribution in [3.63, 3.8) is 0 Å². The second-order valence-electron chi connectivity index (χ2n) is 10.5. The third kappa shape index (κ3) is 5.19. The van der Waals surface area contributed by atoms with Gasteiger partial charge in [-0.15, -0.1) is 0 Å². The van der Waals surface area contributed by atoms with Crippen molar-refractivity contribution in [3.05, 3.63) is 59.3 Å². The third-order valence-corrected chi connectivity index (χ3v) is 8.53. The Morgan fingerprint density at radius 2 is 2.00 bits per heavy atom. The number of alkyl halides is 2. The van der Waals surface area contributed by atoms with Crippen molar-refractivity contribution >= 4 is 0 Å². The summed E-state index contributed by atoms with van der Waals surface area (Å²) >= 11 is 0. The van der Waals surface area contributed by atoms with Gasteiger partial charge in [-0.05, 0) is 73.3 Å². The van der Waals surface area contributed by atoms with Crippen LogP contribution in [0.3, 0.4) is 0 Å². The first-order valence-electron chi connectivity index (χ1n) is 12.6. The van der Waals surface area contributed by atoms with Crippen LogP contribution in [0.4, 0.5) is 8.78 Å². The summed E-state index contributed by atoms with van der Waals surface area (Å²) in [6, 6.07) is 0. The van der Waals surface area contributed by atoms with E-state index in [2.05, 4.69) is 44.7 Å². The minimum Gasteiger partial charge on any atom is -0.390 e. The monoisotopic (exact) mass is 444 g/mol. The molecule has 3 heteroatoms. The molecule has 0 amide bonds. The topological polar surface area (TPSA) is 20.2 Å². The zero-order valence-corrected chi connectivity index (χ0v) is 20.5. The average Bonchev–Trinajstić information content (AvgIpc) is 3.12. The number of hydrogen-bond acceptors (Lipinski definition) is 1. The van der Waals surface area contributed by atoms with Crippen LogP contribution in [0.1, 0.15) is 85.5 Å². The molecular formula is C29H42F2O. The Morgan fingerprint density at radius 3 is 2.69 bits per heavy atom. The molecule has 5 atom stereocenters. The van der Waals surface area contributed by atoms with Gasteiger partial charge in [-0.2, -0.15) is 0 Å². The maximum atomic E-state index is 14.0. The highest BCUT2D eigenvalue weighted by Crippen LogP contribution is 2.56. The molecule has 2 saturated carbocycles. The van der Waals surface area contributed by atoms with Gasteiger partial charge in [0.05, 0.1) is 5.60 Å². The lowest BCUT2D eigenvalue weighted by molar-refractivity contribution is 0.0352. The molecule has 0 aliphatic heterocycles. The van der Waals surface area contributed by atoms with E-state index in [-0.39, 0.29) is 18.3 Å². The van der Waals surface area contributed by atoms with Crippen LogP contribution in [0.25, 0.3) is 0 Å². The minimum absolute atomic E-state index is 0.0555. The van der Waals surface area contributed by atoms with Crippen molar-refractivity contribution in [2.45, 2.75) is 103 Å². The Kier molecular flexibility index (Phi) is 8.02. The van der Waals surface area contributed by atoms with E-state index in [1.165, 1.54) is 17.6 Å². The van der Waals surface area contributed by atoms with Crippen LogP contribution >= 0.6 is 0 Å². The molecule has 1 N–H and O–H groups in total. The van der Waals surface area contributed by atoms with Crippen molar-refractivity contribution < 1.29 is 13.9 Å². The molecule has 0 aromatic heterocycles. The summed E-state index contributed by atoms with van der Waals surface area (Å²) in [4.78, 5) is 0. The Bertz CT molecular complexity index is 813. The van der Waals surface area contributed by atoms with Crippen LogP contribution in [0, 0.1) is 17.3 Å². The van der Waals surface area contributed by atoms with Gasteiger partial charge in [-0.3, -0.25) is 0 Å². The third-order valence-electron chi connectivity index (χ3n) is 8.53. The zero-order valence-electron chi connectivity index (χ0n) is 20.5. The second-order valence-corrected chi connectivity index (χ2v) is 10.5. The molecule has 1 nitrogen and oxygen atoms in total. The van der Waals surface area contributed by atoms with Crippen LogP contribution in [0.5, 0.6) is 0 Å². The minimum atomic E-state index is -1.26. The summed E-state index contributed by atoms with van der Waals surface area (Å²) in [5.74, 6) is 0.805. The molecule has 0 radical (unpaired) electrons. The number of fused-ring (bicyclic) bond motifs is 1. The van der Waals surface area contributed by atoms with Crippen molar-refractivity contribution in [1.29, 1.82) is 0 Å². The lowest BCUT2D eigenvalue weighted by atomic mass is 9.62. The summed E-state index contributed by atoms with van der Waals surface area (Å²) in [6.45, 7) is 12.6. The number of allylic oxidation sites excluding steroid dienone is 8. The van der Waals surface area contributed by atoms with E-state index in [1.807, 2.05) is 19.9 Å². The molecule has 0 bridgehead atoms. The predicted octanol–water partition coefficient (Wildman–Crippen LogP) is 8.14. The quantitative estimate of drug-likeness (QED) is 0.393. The number of hydrogen-bond donors (Lipinski definition) is 1. The SMILES string of the molecule is C=C1/C(=C/C=C2/CCCC3(C)C(C(C)/C=C/CC(O)(CC)CC)=CCC23)CC(F)CC1F. The molecule has 0 spiro atoms. The maximum Gasteiger partial charge on any atom is 0.128 e. The van der Waals surface area contributed by atoms with Crippen LogP contribution in [0.15, 0.2) is 59.3 Å². The number of aliphatic hydroxyl groups is 1. The normalized spacial score (nSPS) is 34.9. The van der Waals surface area contributed by atoms with E-state index in [1.54, 1.807) is 0 Å². The first kappa shape index (κ1) is 25.1. The van der Waals surface area contributed by atoms with E-state index in [9.17, 15) is 13.9 Å². The molecule has 0 aromatic carbocycles. The van der Waals surface area contributed by atoms with Gasteiger partial charge in [0.15, 0.2) is 0 Å². The molecule has 178 valence electrons. The molecule has 3 aliphatic carbocycles. The second kappa shape index (κ2) is 10.2. The van der Waals surface area contributed by atoms with Gasteiger partial charge in [-0.25, -0.2) is 8.78 Å². The smallest absolute Gasteiger partial charge is 0.128 e. The van der Waals surface area contributed by atoms with E-state index in [4.69, 9.17) is 0 Å². The van der Waals surface area contributed by atoms with Gasteiger partial charge in [0.1, 0.15) is 12.3 Å². The molecular weight excluding hydrogens is 402 g/mol. The summed E-state index contributed by atoms with van der Waals surface area (Å²) < 4.78 is 27.9. The lowest BCUT2D eigenvalue weighted by Gasteiger charge is -2.42. The predicted molar refractivity (Wildman–Crippen MR) is 131 cm³/mol. The molecule has 2 fully saturated rings. The van der Waals surface area contributed by atoms with Crippen LogP contribution in [-0.2, 0) is 0 Å². The van der Waals surface area contributed by atoms with Gasteiger partial charge in [0, 0.05) is 12.8 Å². The first-order chi connectivity index (χ1) is 15.1. The fourth-order valence-electron chi connectivity index (χ4n) is 6.10. The first-order valence-corrected chi connectivity index (χ1v) is 12.6. The average molecular weight is 445 g/mol. The van der Waals surface area contributed by atoms with Gasteiger partial charge >= 0.3 is 0 Å². The maximum absolute atomic E-state index is 14.0. The highest BCUT2D eigenvalue weighted by atomic mass is 19.1. The van der Waals surface area contributed by atoms with Crippen molar-refractivity contribution in [3.8, 4) is 0 Å². The molecule has 0 heterocycles. The largest absolute Gasteiger partial charge is 0.390 e. The van der Waals surface area contributed by atoms with E-state index >= 15 is 0 Å². The Hall–Kier alpha value is -1.48. The molecule has 0 aromatic rings. The van der Waals surface area contributed by atoms with Gasteiger partial charge in [0.25, 0.3) is 0 Å². The van der Waals surface area contributed by atoms with Crippen molar-refractivity contribution in [1.82, 2.24) is 0 Å². The standard InChI is InChI=1S/C29H42F2O/c1-6-29(32,7-2)17-8-10-20(3)25-14-15-26-22(11-9-16-28(25,26)5)12-13-23-18-24(30)19-27(31)21(23)4/h8,10,12-14,20,24,26-27,32H,4,6-7,9,11,15-19H2,1-3,5H3/b10-8+,22-12-,23-13+. The Balaban J connectivity index is 1.73. The van der Waals surface area contributed by atoms with Crippen LogP contribution < -0.4 is 0 Å². The van der Waals surface area contributed by atoms with Crippen LogP contribution in [-0.4, -0.2) is 23.1 Å². The zero-order chi connectivity index (χ0) is 23.5. The van der Waals surface area contributed by atoms with Crippen LogP contribution in [0.2, 0.25) is 0 Å². The Labute approximate surface area is 194 Å². The van der Waals surface area contributed by atoms with E-state index in [0.29, 0.717) is 23.8 Å². The summed E-state index contributed by atoms with van der Waals surface area (Å²) in [6.07, 6.45) is 15.4. The fourth-order valence-corrected chi connectivity index (χ4v) is 6.10. The highest BCUT2D eigenvalue weighted by molar-refractivity contribution is 5.40. The van der Waals surface area contributed by atoms with Gasteiger partial charge in [0.2, 0.25) is 0 Å². The van der Waals surface area contributed by atoms with E-state index < -0.39 is 17.9 Å². The molecule has 5 unspecified atom stereocenters. The lowest BCUT2D eigenvalue weighted by Crippen LogP contribution is -2.32. The summed E-state index contributed by atoms with van der Waals surface area (Å²) in [5.41, 5.74) is 3.64. The van der Waals surface area contributed by atoms with E-state index in [0.717, 1.165) is 37.7 Å². The molecule has 32 heavy (non-hydrogen) atoms. The molecule has 3 aliphatic rings. The van der Waals surface area contributed by atoms with Gasteiger partial charge < -0.3 is 5.11 Å². The van der Waals surface area contributed by atoms with Crippen molar-refractivity contribution in [2.75, 3.05) is 0 Å². The van der Waals surface area contributed by atoms with Crippen molar-refractivity contribution in [2.24, 2.45) is 17.3 Å². The Morgan fingerprint density at radius 1 is 1.28 bits per heavy atom. The summed E-state index contributed by atoms with van der Waals surface area (Å²) in [5, 5.41) is 10.6. The number of halogens is 2. The molecule has 3 rings (SSSR count). The highest BCUT2D eigenvalue weighted by Gasteiger charge is 2.45. The summed E-state index contributed by atoms with van der Waals surface area (Å²) in [7, 11) is 0. The fraction of sp³-hybridized carbons (Fsp3) is 0.655. The molecule has 0 saturated heterocycles. The number of rotatable bonds is 7.